The van der Waals surface area contributed by atoms with E-state index in [-0.39, 0.29) is 17.6 Å². The van der Waals surface area contributed by atoms with Crippen LogP contribution in [-0.4, -0.2) is 75.4 Å². The van der Waals surface area contributed by atoms with Gasteiger partial charge in [-0.3, -0.25) is 9.69 Å². The molecule has 0 bridgehead atoms. The molecule has 2 N–H and O–H groups in total. The van der Waals surface area contributed by atoms with Crippen molar-refractivity contribution >= 4 is 28.7 Å². The Kier molecular flexibility index (Phi) is 5.28. The Balaban J connectivity index is 1.34. The molecule has 184 valence electrons. The first kappa shape index (κ1) is 22.1. The lowest BCUT2D eigenvalue weighted by atomic mass is 9.93. The van der Waals surface area contributed by atoms with Crippen LogP contribution in [-0.2, 0) is 11.0 Å². The summed E-state index contributed by atoms with van der Waals surface area (Å²) in [5.41, 5.74) is 0.00346. The summed E-state index contributed by atoms with van der Waals surface area (Å²) < 4.78 is 41.4. The number of nitrogens with zero attached hydrogens (tertiary/aromatic N) is 6. The summed E-state index contributed by atoms with van der Waals surface area (Å²) in [4.78, 5) is 25.5. The first-order valence-corrected chi connectivity index (χ1v) is 11.8. The smallest absolute Gasteiger partial charge is 0.354 e. The number of carbonyl (C=O) groups excluding carboxylic acids is 1. The van der Waals surface area contributed by atoms with Gasteiger partial charge in [0.15, 0.2) is 5.65 Å². The molecule has 0 spiro atoms. The number of amides is 1. The van der Waals surface area contributed by atoms with Crippen LogP contribution in [0.1, 0.15) is 24.8 Å². The summed E-state index contributed by atoms with van der Waals surface area (Å²) in [7, 11) is 0. The highest BCUT2D eigenvalue weighted by Gasteiger charge is 2.36. The predicted molar refractivity (Wildman–Crippen MR) is 124 cm³/mol. The van der Waals surface area contributed by atoms with E-state index in [1.54, 1.807) is 12.3 Å². The fourth-order valence-electron chi connectivity index (χ4n) is 4.77. The minimum Gasteiger partial charge on any atom is -0.354 e. The van der Waals surface area contributed by atoms with Crippen LogP contribution in [0.4, 0.5) is 24.9 Å². The van der Waals surface area contributed by atoms with E-state index >= 15 is 0 Å². The van der Waals surface area contributed by atoms with Gasteiger partial charge in [-0.05, 0) is 37.5 Å². The van der Waals surface area contributed by atoms with Crippen LogP contribution >= 0.6 is 0 Å². The lowest BCUT2D eigenvalue weighted by Crippen LogP contribution is -2.64. The molecule has 2 aliphatic heterocycles. The average Bonchev–Trinajstić information content (AvgIpc) is 3.19. The molecule has 4 heterocycles. The van der Waals surface area contributed by atoms with Gasteiger partial charge in [0.05, 0.1) is 29.4 Å². The number of piperazine rings is 1. The van der Waals surface area contributed by atoms with E-state index in [0.717, 1.165) is 37.9 Å². The highest BCUT2D eigenvalue weighted by molar-refractivity contribution is 5.89. The maximum atomic E-state index is 13.3. The number of aromatic nitrogens is 4. The van der Waals surface area contributed by atoms with Gasteiger partial charge in [-0.15, -0.1) is 0 Å². The number of nitrogens with one attached hydrogen (secondary N) is 2. The van der Waals surface area contributed by atoms with Gasteiger partial charge in [0.1, 0.15) is 5.82 Å². The van der Waals surface area contributed by atoms with Gasteiger partial charge < -0.3 is 15.5 Å². The van der Waals surface area contributed by atoms with E-state index in [2.05, 4.69) is 30.5 Å². The Morgan fingerprint density at radius 3 is 2.69 bits per heavy atom. The standard InChI is InChI=1S/C23H25F3N8O/c24-23(25,26)14-3-1-6-16(9-14)34-21-18(10-28-34)20(30-22(31-21)29-15-4-2-5-15)33-11-17(12-33)32-8-7-27-19(35)13-32/h1,3,6,9-10,15,17H,2,4-5,7-8,11-13H2,(H,27,35)(H,29,30,31). The summed E-state index contributed by atoms with van der Waals surface area (Å²) in [5.74, 6) is 1.19. The molecule has 3 fully saturated rings. The highest BCUT2D eigenvalue weighted by Crippen LogP contribution is 2.34. The Hall–Kier alpha value is -3.41. The molecule has 3 aliphatic rings. The molecule has 12 heteroatoms. The van der Waals surface area contributed by atoms with Crippen molar-refractivity contribution in [1.82, 2.24) is 30.0 Å². The number of halogens is 3. The van der Waals surface area contributed by atoms with Gasteiger partial charge in [0.2, 0.25) is 11.9 Å². The van der Waals surface area contributed by atoms with Gasteiger partial charge >= 0.3 is 6.18 Å². The maximum Gasteiger partial charge on any atom is 0.416 e. The summed E-state index contributed by atoms with van der Waals surface area (Å²) in [5, 5.41) is 11.3. The lowest BCUT2D eigenvalue weighted by Gasteiger charge is -2.47. The minimum atomic E-state index is -4.45. The van der Waals surface area contributed by atoms with Gasteiger partial charge in [-0.25, -0.2) is 4.68 Å². The van der Waals surface area contributed by atoms with Crippen molar-refractivity contribution < 1.29 is 18.0 Å². The highest BCUT2D eigenvalue weighted by atomic mass is 19.4. The largest absolute Gasteiger partial charge is 0.416 e. The molecule has 35 heavy (non-hydrogen) atoms. The van der Waals surface area contributed by atoms with Crippen molar-refractivity contribution in [3.05, 3.63) is 36.0 Å². The van der Waals surface area contributed by atoms with Crippen LogP contribution in [0.2, 0.25) is 0 Å². The lowest BCUT2D eigenvalue weighted by molar-refractivity contribution is -0.137. The monoisotopic (exact) mass is 486 g/mol. The third kappa shape index (κ3) is 4.15. The zero-order valence-corrected chi connectivity index (χ0v) is 18.9. The van der Waals surface area contributed by atoms with Gasteiger partial charge in [0.25, 0.3) is 0 Å². The predicted octanol–water partition coefficient (Wildman–Crippen LogP) is 2.42. The number of hydrogen-bond donors (Lipinski definition) is 2. The number of anilines is 2. The summed E-state index contributed by atoms with van der Waals surface area (Å²) in [6.07, 6.45) is 0.374. The van der Waals surface area contributed by atoms with Crippen molar-refractivity contribution in [3.8, 4) is 5.69 Å². The molecular weight excluding hydrogens is 461 g/mol. The molecule has 9 nitrogen and oxygen atoms in total. The van der Waals surface area contributed by atoms with E-state index in [0.29, 0.717) is 55.0 Å². The molecule has 0 atom stereocenters. The van der Waals surface area contributed by atoms with Crippen molar-refractivity contribution in [2.75, 3.05) is 42.9 Å². The number of fused-ring (bicyclic) bond motifs is 1. The zero-order valence-electron chi connectivity index (χ0n) is 18.9. The quantitative estimate of drug-likeness (QED) is 0.573. The van der Waals surface area contributed by atoms with E-state index in [1.165, 1.54) is 10.7 Å². The van der Waals surface area contributed by atoms with Crippen LogP contribution in [0.3, 0.4) is 0 Å². The van der Waals surface area contributed by atoms with Crippen LogP contribution in [0.25, 0.3) is 16.7 Å². The molecule has 3 aromatic rings. The van der Waals surface area contributed by atoms with Gasteiger partial charge in [-0.2, -0.15) is 28.2 Å². The van der Waals surface area contributed by atoms with Crippen LogP contribution < -0.4 is 15.5 Å². The molecule has 1 amide bonds. The fourth-order valence-corrected chi connectivity index (χ4v) is 4.77. The summed E-state index contributed by atoms with van der Waals surface area (Å²) >= 11 is 0. The minimum absolute atomic E-state index is 0.0356. The van der Waals surface area contributed by atoms with E-state index in [4.69, 9.17) is 4.98 Å². The van der Waals surface area contributed by atoms with Crippen molar-refractivity contribution in [3.63, 3.8) is 0 Å². The summed E-state index contributed by atoms with van der Waals surface area (Å²) in [6, 6.07) is 5.61. The topological polar surface area (TPSA) is 91.2 Å². The summed E-state index contributed by atoms with van der Waals surface area (Å²) in [6.45, 7) is 3.26. The molecule has 2 saturated heterocycles. The number of benzene rings is 1. The van der Waals surface area contributed by atoms with Gasteiger partial charge in [-0.1, -0.05) is 6.07 Å². The van der Waals surface area contributed by atoms with Crippen molar-refractivity contribution in [2.45, 2.75) is 37.5 Å². The Bertz CT molecular complexity index is 1270. The Labute approximate surface area is 199 Å². The Morgan fingerprint density at radius 2 is 1.97 bits per heavy atom. The third-order valence-electron chi connectivity index (χ3n) is 7.01. The van der Waals surface area contributed by atoms with Crippen LogP contribution in [0.5, 0.6) is 0 Å². The molecule has 2 aromatic heterocycles. The number of rotatable bonds is 5. The zero-order chi connectivity index (χ0) is 24.2. The second kappa shape index (κ2) is 8.36. The molecule has 1 aliphatic carbocycles. The second-order valence-electron chi connectivity index (χ2n) is 9.36. The molecular formula is C23H25F3N8O. The molecule has 1 saturated carbocycles. The van der Waals surface area contributed by atoms with E-state index < -0.39 is 11.7 Å². The molecule has 1 aromatic carbocycles. The molecule has 6 rings (SSSR count). The first-order valence-electron chi connectivity index (χ1n) is 11.8. The fraction of sp³-hybridized carbons (Fsp3) is 0.478. The SMILES string of the molecule is O=C1CN(C2CN(c3nc(NC4CCC4)nc4c3cnn4-c3cccc(C(F)(F)F)c3)C2)CCN1. The second-order valence-corrected chi connectivity index (χ2v) is 9.36. The normalized spacial score (nSPS) is 20.0. The Morgan fingerprint density at radius 1 is 1.14 bits per heavy atom. The number of alkyl halides is 3. The third-order valence-corrected chi connectivity index (χ3v) is 7.01. The van der Waals surface area contributed by atoms with Crippen LogP contribution in [0.15, 0.2) is 30.5 Å². The van der Waals surface area contributed by atoms with Crippen LogP contribution in [0, 0.1) is 0 Å². The van der Waals surface area contributed by atoms with Gasteiger partial charge in [0, 0.05) is 38.3 Å². The first-order chi connectivity index (χ1) is 16.8. The van der Waals surface area contributed by atoms with Crippen molar-refractivity contribution in [2.24, 2.45) is 0 Å². The number of carbonyl (C=O) groups is 1. The average molecular weight is 487 g/mol. The molecule has 0 radical (unpaired) electrons. The van der Waals surface area contributed by atoms with E-state index in [9.17, 15) is 18.0 Å². The van der Waals surface area contributed by atoms with Crippen molar-refractivity contribution in [1.29, 1.82) is 0 Å². The number of hydrogen-bond acceptors (Lipinski definition) is 7. The van der Waals surface area contributed by atoms with E-state index in [1.807, 2.05) is 0 Å². The maximum absolute atomic E-state index is 13.3. The molecule has 0 unspecified atom stereocenters.